The summed E-state index contributed by atoms with van der Waals surface area (Å²) >= 11 is 6.78. The predicted octanol–water partition coefficient (Wildman–Crippen LogP) is 3.43. The first-order chi connectivity index (χ1) is 8.99. The van der Waals surface area contributed by atoms with Gasteiger partial charge in [0.2, 0.25) is 0 Å². The minimum atomic E-state index is -1.13. The lowest BCUT2D eigenvalue weighted by Gasteiger charge is -2.05. The molecular formula is C12H8ClFN2O2S. The Bertz CT molecular complexity index is 652. The summed E-state index contributed by atoms with van der Waals surface area (Å²) in [6.45, 7) is 1.53. The van der Waals surface area contributed by atoms with Gasteiger partial charge in [-0.2, -0.15) is 0 Å². The van der Waals surface area contributed by atoms with Gasteiger partial charge < -0.3 is 5.11 Å². The number of aryl methyl sites for hydroxylation is 1. The number of benzene rings is 1. The molecule has 98 valence electrons. The summed E-state index contributed by atoms with van der Waals surface area (Å²) in [6, 6.07) is 4.45. The molecule has 1 aromatic heterocycles. The van der Waals surface area contributed by atoms with Gasteiger partial charge in [0.05, 0.1) is 16.3 Å². The zero-order chi connectivity index (χ0) is 14.0. The average molecular weight is 299 g/mol. The Balaban J connectivity index is 2.36. The van der Waals surface area contributed by atoms with Crippen LogP contribution in [0.1, 0.15) is 16.1 Å². The Morgan fingerprint density at radius 3 is 2.84 bits per heavy atom. The molecule has 0 spiro atoms. The highest BCUT2D eigenvalue weighted by molar-refractivity contribution is 7.99. The smallest absolute Gasteiger partial charge is 0.337 e. The van der Waals surface area contributed by atoms with E-state index in [2.05, 4.69) is 9.97 Å². The van der Waals surface area contributed by atoms with Crippen LogP contribution >= 0.6 is 23.4 Å². The second kappa shape index (κ2) is 5.54. The molecule has 7 heteroatoms. The molecule has 2 rings (SSSR count). The number of halogens is 2. The molecular weight excluding hydrogens is 291 g/mol. The highest BCUT2D eigenvalue weighted by Gasteiger charge is 2.13. The van der Waals surface area contributed by atoms with Crippen LogP contribution in [0.15, 0.2) is 34.4 Å². The number of hydrogen-bond acceptors (Lipinski definition) is 4. The molecule has 0 saturated heterocycles. The minimum absolute atomic E-state index is 0.0298. The van der Waals surface area contributed by atoms with E-state index in [0.29, 0.717) is 4.90 Å². The van der Waals surface area contributed by atoms with Crippen molar-refractivity contribution in [2.24, 2.45) is 0 Å². The first-order valence-corrected chi connectivity index (χ1v) is 6.36. The van der Waals surface area contributed by atoms with Gasteiger partial charge in [0.1, 0.15) is 11.4 Å². The van der Waals surface area contributed by atoms with E-state index in [0.717, 1.165) is 11.8 Å². The maximum absolute atomic E-state index is 13.7. The quantitative estimate of drug-likeness (QED) is 0.880. The predicted molar refractivity (Wildman–Crippen MR) is 69.3 cm³/mol. The second-order valence-corrected chi connectivity index (χ2v) is 5.10. The van der Waals surface area contributed by atoms with Crippen LogP contribution in [-0.4, -0.2) is 21.0 Å². The Labute approximate surface area is 117 Å². The fraction of sp³-hybridized carbons (Fsp3) is 0.0833. The van der Waals surface area contributed by atoms with Crippen LogP contribution in [0.4, 0.5) is 4.39 Å². The van der Waals surface area contributed by atoms with Crippen LogP contribution in [0, 0.1) is 12.7 Å². The van der Waals surface area contributed by atoms with Crippen molar-refractivity contribution >= 4 is 29.3 Å². The average Bonchev–Trinajstić information content (AvgIpc) is 2.37. The van der Waals surface area contributed by atoms with Crippen molar-refractivity contribution in [3.8, 4) is 0 Å². The molecule has 0 amide bonds. The van der Waals surface area contributed by atoms with Gasteiger partial charge >= 0.3 is 5.97 Å². The minimum Gasteiger partial charge on any atom is -0.478 e. The normalized spacial score (nSPS) is 10.5. The molecule has 0 aliphatic carbocycles. The Kier molecular flexibility index (Phi) is 4.01. The Morgan fingerprint density at radius 2 is 2.16 bits per heavy atom. The van der Waals surface area contributed by atoms with Crippen molar-refractivity contribution in [1.29, 1.82) is 0 Å². The molecule has 0 unspecified atom stereocenters. The van der Waals surface area contributed by atoms with Crippen molar-refractivity contribution in [3.63, 3.8) is 0 Å². The number of hydrogen-bond donors (Lipinski definition) is 1. The highest BCUT2D eigenvalue weighted by atomic mass is 35.5. The largest absolute Gasteiger partial charge is 0.478 e. The van der Waals surface area contributed by atoms with Crippen molar-refractivity contribution in [2.75, 3.05) is 0 Å². The van der Waals surface area contributed by atoms with Gasteiger partial charge in [-0.15, -0.1) is 0 Å². The van der Waals surface area contributed by atoms with Gasteiger partial charge in [-0.05, 0) is 25.1 Å². The van der Waals surface area contributed by atoms with E-state index in [1.807, 2.05) is 0 Å². The van der Waals surface area contributed by atoms with Crippen LogP contribution in [0.25, 0.3) is 0 Å². The van der Waals surface area contributed by atoms with Crippen LogP contribution < -0.4 is 0 Å². The number of aromatic nitrogens is 2. The maximum atomic E-state index is 13.7. The summed E-state index contributed by atoms with van der Waals surface area (Å²) in [5.41, 5.74) is 0.211. The first kappa shape index (κ1) is 13.8. The third kappa shape index (κ3) is 3.02. The topological polar surface area (TPSA) is 63.1 Å². The van der Waals surface area contributed by atoms with Gasteiger partial charge in [-0.3, -0.25) is 0 Å². The molecule has 1 N–H and O–H groups in total. The van der Waals surface area contributed by atoms with E-state index in [1.165, 1.54) is 25.4 Å². The van der Waals surface area contributed by atoms with Gasteiger partial charge in [-0.1, -0.05) is 23.4 Å². The van der Waals surface area contributed by atoms with Crippen LogP contribution in [-0.2, 0) is 0 Å². The molecule has 1 aromatic carbocycles. The SMILES string of the molecule is Cc1ncnc(Sc2ccc(Cl)c(C(=O)O)c2)c1F. The monoisotopic (exact) mass is 298 g/mol. The molecule has 0 fully saturated rings. The van der Waals surface area contributed by atoms with E-state index in [4.69, 9.17) is 16.7 Å². The third-order valence-corrected chi connectivity index (χ3v) is 3.61. The van der Waals surface area contributed by atoms with Crippen LogP contribution in [0.5, 0.6) is 0 Å². The molecule has 0 atom stereocenters. The Hall–Kier alpha value is -1.66. The van der Waals surface area contributed by atoms with Gasteiger partial charge in [0.15, 0.2) is 5.82 Å². The second-order valence-electron chi connectivity index (χ2n) is 3.63. The lowest BCUT2D eigenvalue weighted by molar-refractivity contribution is 0.0697. The molecule has 0 radical (unpaired) electrons. The van der Waals surface area contributed by atoms with E-state index >= 15 is 0 Å². The molecule has 0 aliphatic heterocycles. The number of carboxylic acids is 1. The van der Waals surface area contributed by atoms with Gasteiger partial charge in [0, 0.05) is 4.90 Å². The van der Waals surface area contributed by atoms with Crippen molar-refractivity contribution < 1.29 is 14.3 Å². The molecule has 0 saturated carbocycles. The molecule has 0 aliphatic rings. The van der Waals surface area contributed by atoms with E-state index < -0.39 is 11.8 Å². The molecule has 2 aromatic rings. The maximum Gasteiger partial charge on any atom is 0.337 e. The summed E-state index contributed by atoms with van der Waals surface area (Å²) in [5, 5.41) is 9.24. The summed E-state index contributed by atoms with van der Waals surface area (Å²) in [6.07, 6.45) is 1.26. The fourth-order valence-corrected chi connectivity index (χ4v) is 2.42. The molecule has 1 heterocycles. The molecule has 4 nitrogen and oxygen atoms in total. The summed E-state index contributed by atoms with van der Waals surface area (Å²) < 4.78 is 13.7. The molecule has 19 heavy (non-hydrogen) atoms. The van der Waals surface area contributed by atoms with E-state index in [9.17, 15) is 9.18 Å². The number of carboxylic acid groups (broad SMARTS) is 1. The third-order valence-electron chi connectivity index (χ3n) is 2.31. The van der Waals surface area contributed by atoms with Crippen LogP contribution in [0.2, 0.25) is 5.02 Å². The Morgan fingerprint density at radius 1 is 1.42 bits per heavy atom. The van der Waals surface area contributed by atoms with Crippen molar-refractivity contribution in [2.45, 2.75) is 16.8 Å². The van der Waals surface area contributed by atoms with E-state index in [1.54, 1.807) is 6.07 Å². The first-order valence-electron chi connectivity index (χ1n) is 5.17. The standard InChI is InChI=1S/C12H8ClFN2O2S/c1-6-10(14)11(16-5-15-6)19-7-2-3-9(13)8(4-7)12(17)18/h2-5H,1H3,(H,17,18). The number of rotatable bonds is 3. The number of carbonyl (C=O) groups is 1. The number of nitrogens with zero attached hydrogens (tertiary/aromatic N) is 2. The summed E-state index contributed by atoms with van der Waals surface area (Å²) in [4.78, 5) is 19.0. The van der Waals surface area contributed by atoms with E-state index in [-0.39, 0.29) is 21.3 Å². The summed E-state index contributed by atoms with van der Waals surface area (Å²) in [5.74, 6) is -1.65. The molecule has 0 bridgehead atoms. The lowest BCUT2D eigenvalue weighted by Crippen LogP contribution is -1.98. The zero-order valence-corrected chi connectivity index (χ0v) is 11.3. The van der Waals surface area contributed by atoms with Crippen LogP contribution in [0.3, 0.4) is 0 Å². The van der Waals surface area contributed by atoms with Gasteiger partial charge in [0.25, 0.3) is 0 Å². The highest BCUT2D eigenvalue weighted by Crippen LogP contribution is 2.31. The lowest BCUT2D eigenvalue weighted by atomic mass is 10.2. The fourth-order valence-electron chi connectivity index (χ4n) is 1.35. The summed E-state index contributed by atoms with van der Waals surface area (Å²) in [7, 11) is 0. The number of aromatic carboxylic acids is 1. The van der Waals surface area contributed by atoms with Crippen molar-refractivity contribution in [1.82, 2.24) is 9.97 Å². The zero-order valence-electron chi connectivity index (χ0n) is 9.72. The van der Waals surface area contributed by atoms with Gasteiger partial charge in [-0.25, -0.2) is 19.2 Å². The van der Waals surface area contributed by atoms with Crippen molar-refractivity contribution in [3.05, 3.63) is 46.6 Å².